The van der Waals surface area contributed by atoms with Crippen LogP contribution in [-0.2, 0) is 0 Å². The van der Waals surface area contributed by atoms with Gasteiger partial charge in [-0.05, 0) is 107 Å². The number of benzene rings is 7. The predicted octanol–water partition coefficient (Wildman–Crippen LogP) is 13.4. The van der Waals surface area contributed by atoms with Gasteiger partial charge in [0.2, 0.25) is 0 Å². The van der Waals surface area contributed by atoms with Crippen LogP contribution in [0.4, 0.5) is 39.8 Å². The highest BCUT2D eigenvalue weighted by Crippen LogP contribution is 2.36. The van der Waals surface area contributed by atoms with E-state index < -0.39 is 0 Å². The number of para-hydroxylation sites is 2. The van der Waals surface area contributed by atoms with Gasteiger partial charge in [0.25, 0.3) is 0 Å². The molecule has 0 heterocycles. The van der Waals surface area contributed by atoms with Gasteiger partial charge in [0.15, 0.2) is 5.69 Å². The van der Waals surface area contributed by atoms with Crippen molar-refractivity contribution < 1.29 is 0 Å². The maximum Gasteiger partial charge on any atom is 0.187 e. The number of rotatable bonds is 10. The Morgan fingerprint density at radius 3 is 1.00 bits per heavy atom. The molecule has 0 radical (unpaired) electrons. The van der Waals surface area contributed by atoms with Crippen LogP contribution in [0.5, 0.6) is 0 Å². The summed E-state index contributed by atoms with van der Waals surface area (Å²) in [5, 5.41) is 9.25. The van der Waals surface area contributed by atoms with Crippen LogP contribution in [0.3, 0.4) is 0 Å². The third kappa shape index (κ3) is 7.90. The highest BCUT2D eigenvalue weighted by molar-refractivity contribution is 5.80. The largest absolute Gasteiger partial charge is 0.311 e. The smallest absolute Gasteiger partial charge is 0.187 e. The normalized spacial score (nSPS) is 10.9. The van der Waals surface area contributed by atoms with Gasteiger partial charge in [-0.3, -0.25) is 0 Å². The molecule has 0 amide bonds. The molecule has 0 aliphatic rings. The lowest BCUT2D eigenvalue weighted by Crippen LogP contribution is -2.09. The van der Waals surface area contributed by atoms with E-state index in [4.69, 9.17) is 6.57 Å². The topological polar surface area (TPSA) is 34.6 Å². The molecule has 7 rings (SSSR count). The third-order valence-corrected chi connectivity index (χ3v) is 8.70. The molecule has 0 bridgehead atoms. The molecule has 0 saturated carbocycles. The summed E-state index contributed by atoms with van der Waals surface area (Å²) in [6.45, 7) is 7.30. The minimum atomic E-state index is 0.625. The van der Waals surface area contributed by atoms with E-state index in [2.05, 4.69) is 142 Å². The number of hydrogen-bond donors (Lipinski definition) is 0. The molecule has 0 aliphatic heterocycles. The number of nitrogens with zero attached hydrogens (tertiary/aromatic N) is 4. The van der Waals surface area contributed by atoms with Crippen LogP contribution in [0.2, 0.25) is 0 Å². The first kappa shape index (κ1) is 33.1. The number of anilines is 6. The first-order chi connectivity index (χ1) is 25.7. The number of hydrogen-bond acceptors (Lipinski definition) is 3. The molecule has 0 unspecified atom stereocenters. The van der Waals surface area contributed by atoms with Crippen molar-refractivity contribution in [2.45, 2.75) is 0 Å². The predicted molar refractivity (Wildman–Crippen MR) is 218 cm³/mol. The van der Waals surface area contributed by atoms with Crippen molar-refractivity contribution in [1.82, 2.24) is 0 Å². The molecule has 246 valence electrons. The van der Waals surface area contributed by atoms with Crippen LogP contribution in [0, 0.1) is 17.9 Å². The van der Waals surface area contributed by atoms with E-state index in [1.807, 2.05) is 84.9 Å². The Balaban J connectivity index is 1.02. The van der Waals surface area contributed by atoms with Gasteiger partial charge in [-0.1, -0.05) is 121 Å². The molecular weight excluding hydrogens is 633 g/mol. The molecule has 0 atom stereocenters. The van der Waals surface area contributed by atoms with Gasteiger partial charge in [0.05, 0.1) is 18.2 Å². The summed E-state index contributed by atoms with van der Waals surface area (Å²) in [6.07, 6.45) is 8.52. The Morgan fingerprint density at radius 2 is 0.673 bits per heavy atom. The van der Waals surface area contributed by atoms with E-state index in [-0.39, 0.29) is 0 Å². The first-order valence-corrected chi connectivity index (χ1v) is 17.0. The van der Waals surface area contributed by atoms with Crippen LogP contribution < -0.4 is 9.80 Å². The molecule has 0 saturated heterocycles. The second-order valence-electron chi connectivity index (χ2n) is 12.1. The minimum Gasteiger partial charge on any atom is -0.311 e. The van der Waals surface area contributed by atoms with Crippen LogP contribution >= 0.6 is 0 Å². The van der Waals surface area contributed by atoms with Gasteiger partial charge < -0.3 is 9.80 Å². The van der Waals surface area contributed by atoms with Crippen molar-refractivity contribution in [2.24, 2.45) is 0 Å². The van der Waals surface area contributed by atoms with Crippen LogP contribution in [-0.4, -0.2) is 0 Å². The van der Waals surface area contributed by atoms with Crippen molar-refractivity contribution >= 4 is 64.1 Å². The molecule has 0 aromatic heterocycles. The van der Waals surface area contributed by atoms with Crippen LogP contribution in [0.25, 0.3) is 29.1 Å². The SMILES string of the molecule is [C-]#[N+]c1ccc(N(c2ccccc2)c2ccc(C=Cc3ccc(C=Cc4ccc(N(c5ccccc5)c5ccc(C#N)cc5)cc4)cc3)cc2)cc1. The van der Waals surface area contributed by atoms with Gasteiger partial charge in [0.1, 0.15) is 0 Å². The van der Waals surface area contributed by atoms with E-state index in [1.54, 1.807) is 0 Å². The zero-order valence-electron chi connectivity index (χ0n) is 28.4. The average molecular weight is 667 g/mol. The fourth-order valence-electron chi connectivity index (χ4n) is 5.98. The van der Waals surface area contributed by atoms with E-state index >= 15 is 0 Å². The molecule has 0 spiro atoms. The van der Waals surface area contributed by atoms with Crippen molar-refractivity contribution in [3.8, 4) is 6.07 Å². The maximum absolute atomic E-state index is 9.25. The molecule has 4 heteroatoms. The monoisotopic (exact) mass is 666 g/mol. The zero-order valence-corrected chi connectivity index (χ0v) is 28.4. The maximum atomic E-state index is 9.25. The lowest BCUT2D eigenvalue weighted by molar-refractivity contribution is 1.28. The molecular formula is C48H34N4. The summed E-state index contributed by atoms with van der Waals surface area (Å²) in [5.74, 6) is 0. The summed E-state index contributed by atoms with van der Waals surface area (Å²) < 4.78 is 0. The molecule has 4 nitrogen and oxygen atoms in total. The van der Waals surface area contributed by atoms with Crippen molar-refractivity contribution in [1.29, 1.82) is 5.26 Å². The third-order valence-electron chi connectivity index (χ3n) is 8.70. The van der Waals surface area contributed by atoms with Crippen molar-refractivity contribution in [2.75, 3.05) is 9.80 Å². The molecule has 52 heavy (non-hydrogen) atoms. The van der Waals surface area contributed by atoms with Gasteiger partial charge in [-0.25, -0.2) is 4.85 Å². The Kier molecular flexibility index (Phi) is 10.1. The fraction of sp³-hybridized carbons (Fsp3) is 0. The summed E-state index contributed by atoms with van der Waals surface area (Å²) in [5.41, 5.74) is 11.9. The summed E-state index contributed by atoms with van der Waals surface area (Å²) in [6, 6.07) is 63.6. The van der Waals surface area contributed by atoms with E-state index in [9.17, 15) is 5.26 Å². The second-order valence-corrected chi connectivity index (χ2v) is 12.1. The molecule has 7 aromatic rings. The lowest BCUT2D eigenvalue weighted by atomic mass is 10.1. The standard InChI is InChI=1S/C48H34N4/c1-50-42-26-34-48(35-27-42)52(44-10-6-3-7-11-44)46-30-22-40(23-31-46)19-17-38-14-12-37(13-15-38)16-18-39-20-28-45(29-21-39)51(43-8-4-2-5-9-43)47-32-24-41(36-49)25-33-47/h2-35H. The first-order valence-electron chi connectivity index (χ1n) is 17.0. The van der Waals surface area contributed by atoms with Gasteiger partial charge in [0, 0.05) is 34.1 Å². The van der Waals surface area contributed by atoms with Gasteiger partial charge in [-0.15, -0.1) is 0 Å². The Hall–Kier alpha value is -7.40. The summed E-state index contributed by atoms with van der Waals surface area (Å²) >= 11 is 0. The van der Waals surface area contributed by atoms with Gasteiger partial charge in [-0.2, -0.15) is 5.26 Å². The quantitative estimate of drug-likeness (QED) is 0.108. The molecule has 7 aromatic carbocycles. The summed E-state index contributed by atoms with van der Waals surface area (Å²) in [7, 11) is 0. The van der Waals surface area contributed by atoms with Crippen LogP contribution in [0.1, 0.15) is 27.8 Å². The highest BCUT2D eigenvalue weighted by Gasteiger charge is 2.13. The Morgan fingerprint density at radius 1 is 0.385 bits per heavy atom. The molecule has 0 aliphatic carbocycles. The molecule has 0 N–H and O–H groups in total. The zero-order chi connectivity index (χ0) is 35.5. The highest BCUT2D eigenvalue weighted by atomic mass is 15.1. The fourth-order valence-corrected chi connectivity index (χ4v) is 5.98. The van der Waals surface area contributed by atoms with Crippen molar-refractivity contribution in [3.05, 3.63) is 221 Å². The van der Waals surface area contributed by atoms with E-state index in [0.29, 0.717) is 11.3 Å². The average Bonchev–Trinajstić information content (AvgIpc) is 3.22. The van der Waals surface area contributed by atoms with Crippen molar-refractivity contribution in [3.63, 3.8) is 0 Å². The summed E-state index contributed by atoms with van der Waals surface area (Å²) in [4.78, 5) is 7.92. The lowest BCUT2D eigenvalue weighted by Gasteiger charge is -2.25. The van der Waals surface area contributed by atoms with E-state index in [0.717, 1.165) is 56.4 Å². The second kappa shape index (κ2) is 15.9. The Labute approximate surface area is 305 Å². The van der Waals surface area contributed by atoms with E-state index in [1.165, 1.54) is 0 Å². The van der Waals surface area contributed by atoms with Gasteiger partial charge >= 0.3 is 0 Å². The number of nitriles is 1. The van der Waals surface area contributed by atoms with Crippen LogP contribution in [0.15, 0.2) is 182 Å². The minimum absolute atomic E-state index is 0.625. The Bertz CT molecular complexity index is 2190. The molecule has 0 fully saturated rings.